The van der Waals surface area contributed by atoms with Gasteiger partial charge in [0, 0.05) is 18.2 Å². The zero-order valence-corrected chi connectivity index (χ0v) is 14.9. The van der Waals surface area contributed by atoms with E-state index in [1.165, 1.54) is 16.3 Å². The lowest BCUT2D eigenvalue weighted by atomic mass is 10.00. The van der Waals surface area contributed by atoms with Crippen LogP contribution in [0.5, 0.6) is 0 Å². The lowest BCUT2D eigenvalue weighted by molar-refractivity contribution is 0.282. The average molecular weight is 341 g/mol. The first-order chi connectivity index (χ1) is 12.8. The summed E-state index contributed by atoms with van der Waals surface area (Å²) in [6.07, 6.45) is 3.92. The summed E-state index contributed by atoms with van der Waals surface area (Å²) in [5.74, 6) is 6.14. The Morgan fingerprint density at radius 2 is 1.77 bits per heavy atom. The Bertz CT molecular complexity index is 940. The summed E-state index contributed by atoms with van der Waals surface area (Å²) in [6, 6.07) is 22.8. The Hall–Kier alpha value is -2.86. The summed E-state index contributed by atoms with van der Waals surface area (Å²) in [7, 11) is 0. The molecule has 1 atom stereocenters. The molecule has 0 radical (unpaired) electrons. The molecule has 0 saturated carbocycles. The first kappa shape index (κ1) is 17.9. The van der Waals surface area contributed by atoms with E-state index >= 15 is 0 Å². The third kappa shape index (κ3) is 4.61. The summed E-state index contributed by atoms with van der Waals surface area (Å²) in [5, 5.41) is 15.1. The van der Waals surface area contributed by atoms with E-state index in [-0.39, 0.29) is 12.6 Å². The van der Waals surface area contributed by atoms with Gasteiger partial charge in [-0.2, -0.15) is 0 Å². The molecule has 0 bridgehead atoms. The van der Waals surface area contributed by atoms with E-state index in [1.807, 2.05) is 36.4 Å². The molecule has 3 aromatic rings. The lowest BCUT2D eigenvalue weighted by Crippen LogP contribution is -2.18. The van der Waals surface area contributed by atoms with Crippen LogP contribution in [0.3, 0.4) is 0 Å². The van der Waals surface area contributed by atoms with Crippen LogP contribution in [0.15, 0.2) is 78.9 Å². The monoisotopic (exact) mass is 341 g/mol. The molecular formula is C24H23NO. The largest absolute Gasteiger partial charge is 0.392 e. The Labute approximate surface area is 155 Å². The molecule has 26 heavy (non-hydrogen) atoms. The number of rotatable bonds is 5. The van der Waals surface area contributed by atoms with Gasteiger partial charge in [-0.05, 0) is 47.0 Å². The molecule has 2 N–H and O–H groups in total. The Balaban J connectivity index is 1.55. The Morgan fingerprint density at radius 1 is 1.00 bits per heavy atom. The van der Waals surface area contributed by atoms with Crippen molar-refractivity contribution in [2.45, 2.75) is 19.6 Å². The van der Waals surface area contributed by atoms with Crippen LogP contribution in [-0.4, -0.2) is 11.7 Å². The fourth-order valence-electron chi connectivity index (χ4n) is 2.92. The highest BCUT2D eigenvalue weighted by Crippen LogP contribution is 2.23. The third-order valence-corrected chi connectivity index (χ3v) is 4.39. The first-order valence-corrected chi connectivity index (χ1v) is 8.85. The molecular weight excluding hydrogens is 318 g/mol. The van der Waals surface area contributed by atoms with Crippen LogP contribution in [-0.2, 0) is 6.61 Å². The van der Waals surface area contributed by atoms with Gasteiger partial charge in [-0.1, -0.05) is 72.5 Å². The number of benzene rings is 3. The number of aliphatic hydroxyl groups excluding tert-OH is 1. The van der Waals surface area contributed by atoms with Crippen molar-refractivity contribution in [1.82, 2.24) is 5.32 Å². The topological polar surface area (TPSA) is 32.3 Å². The van der Waals surface area contributed by atoms with Crippen molar-refractivity contribution in [1.29, 1.82) is 0 Å². The molecule has 2 nitrogen and oxygen atoms in total. The van der Waals surface area contributed by atoms with Crippen molar-refractivity contribution in [3.63, 3.8) is 0 Å². The van der Waals surface area contributed by atoms with Gasteiger partial charge in [-0.3, -0.25) is 0 Å². The van der Waals surface area contributed by atoms with Crippen LogP contribution in [0.1, 0.15) is 29.7 Å². The second-order valence-corrected chi connectivity index (χ2v) is 6.23. The first-order valence-electron chi connectivity index (χ1n) is 8.85. The van der Waals surface area contributed by atoms with Gasteiger partial charge >= 0.3 is 0 Å². The number of hydrogen-bond acceptors (Lipinski definition) is 2. The maximum absolute atomic E-state index is 9.03. The van der Waals surface area contributed by atoms with Crippen molar-refractivity contribution in [3.8, 4) is 11.8 Å². The van der Waals surface area contributed by atoms with Gasteiger partial charge in [-0.15, -0.1) is 0 Å². The molecule has 0 unspecified atom stereocenters. The van der Waals surface area contributed by atoms with Crippen molar-refractivity contribution in [2.24, 2.45) is 0 Å². The second kappa shape index (κ2) is 9.01. The van der Waals surface area contributed by atoms with Gasteiger partial charge < -0.3 is 10.4 Å². The minimum atomic E-state index is 0.0637. The third-order valence-electron chi connectivity index (χ3n) is 4.39. The molecule has 0 heterocycles. The van der Waals surface area contributed by atoms with E-state index in [1.54, 1.807) is 0 Å². The van der Waals surface area contributed by atoms with Gasteiger partial charge in [0.2, 0.25) is 0 Å². The Kier molecular flexibility index (Phi) is 6.22. The molecule has 130 valence electrons. The van der Waals surface area contributed by atoms with Crippen molar-refractivity contribution < 1.29 is 5.11 Å². The summed E-state index contributed by atoms with van der Waals surface area (Å²) >= 11 is 0. The molecule has 0 spiro atoms. The van der Waals surface area contributed by atoms with E-state index in [9.17, 15) is 0 Å². The van der Waals surface area contributed by atoms with Gasteiger partial charge in [0.05, 0.1) is 6.61 Å². The zero-order chi connectivity index (χ0) is 18.2. The van der Waals surface area contributed by atoms with Crippen molar-refractivity contribution >= 4 is 10.8 Å². The molecule has 0 aliphatic carbocycles. The number of nitrogens with one attached hydrogen (secondary N) is 1. The fourth-order valence-corrected chi connectivity index (χ4v) is 2.92. The highest BCUT2D eigenvalue weighted by atomic mass is 16.3. The van der Waals surface area contributed by atoms with Crippen LogP contribution in [0.25, 0.3) is 10.8 Å². The molecule has 0 aliphatic rings. The van der Waals surface area contributed by atoms with E-state index < -0.39 is 0 Å². The fraction of sp³-hybridized carbons (Fsp3) is 0.167. The quantitative estimate of drug-likeness (QED) is 0.665. The summed E-state index contributed by atoms with van der Waals surface area (Å²) < 4.78 is 0. The predicted octanol–water partition coefficient (Wildman–Crippen LogP) is 4.59. The van der Waals surface area contributed by atoms with Crippen molar-refractivity contribution in [3.05, 3.63) is 95.6 Å². The van der Waals surface area contributed by atoms with Crippen LogP contribution in [0, 0.1) is 11.8 Å². The predicted molar refractivity (Wildman–Crippen MR) is 109 cm³/mol. The number of aliphatic hydroxyl groups is 1. The van der Waals surface area contributed by atoms with Crippen LogP contribution in [0.2, 0.25) is 0 Å². The van der Waals surface area contributed by atoms with Gasteiger partial charge in [0.15, 0.2) is 0 Å². The average Bonchev–Trinajstić information content (AvgIpc) is 2.70. The van der Waals surface area contributed by atoms with Gasteiger partial charge in [-0.25, -0.2) is 0 Å². The van der Waals surface area contributed by atoms with E-state index in [0.717, 1.165) is 17.7 Å². The highest BCUT2D eigenvalue weighted by molar-refractivity contribution is 5.86. The molecule has 3 aromatic carbocycles. The molecule has 2 heteroatoms. The number of hydrogen-bond donors (Lipinski definition) is 2. The lowest BCUT2D eigenvalue weighted by Gasteiger charge is -2.15. The maximum Gasteiger partial charge on any atom is 0.0681 e. The molecule has 0 aromatic heterocycles. The van der Waals surface area contributed by atoms with Gasteiger partial charge in [0.1, 0.15) is 0 Å². The van der Waals surface area contributed by atoms with E-state index in [0.29, 0.717) is 0 Å². The minimum Gasteiger partial charge on any atom is -0.392 e. The SMILES string of the molecule is C[C@@H](NCC=CC#Cc1ccc(CO)cc1)c1cccc2ccccc12. The van der Waals surface area contributed by atoms with E-state index in [2.05, 4.69) is 66.5 Å². The molecule has 0 amide bonds. The summed E-state index contributed by atoms with van der Waals surface area (Å²) in [6.45, 7) is 3.01. The number of fused-ring (bicyclic) bond motifs is 1. The van der Waals surface area contributed by atoms with Gasteiger partial charge in [0.25, 0.3) is 0 Å². The van der Waals surface area contributed by atoms with Crippen LogP contribution in [0.4, 0.5) is 0 Å². The standard InChI is InChI=1S/C24H23NO/c1-19(23-12-7-10-22-9-4-5-11-24(22)23)25-17-6-2-3-8-20-13-15-21(18-26)16-14-20/h2,4-7,9-16,19,25-26H,17-18H2,1H3/t19-/m1/s1. The minimum absolute atomic E-state index is 0.0637. The van der Waals surface area contributed by atoms with E-state index in [4.69, 9.17) is 5.11 Å². The Morgan fingerprint density at radius 3 is 2.58 bits per heavy atom. The van der Waals surface area contributed by atoms with Crippen LogP contribution >= 0.6 is 0 Å². The second-order valence-electron chi connectivity index (χ2n) is 6.23. The summed E-state index contributed by atoms with van der Waals surface area (Å²) in [5.41, 5.74) is 3.16. The summed E-state index contributed by atoms with van der Waals surface area (Å²) in [4.78, 5) is 0. The normalized spacial score (nSPS) is 12.1. The molecule has 0 saturated heterocycles. The van der Waals surface area contributed by atoms with Crippen LogP contribution < -0.4 is 5.32 Å². The molecule has 0 aliphatic heterocycles. The number of allylic oxidation sites excluding steroid dienone is 1. The molecule has 3 rings (SSSR count). The maximum atomic E-state index is 9.03. The smallest absolute Gasteiger partial charge is 0.0681 e. The molecule has 0 fully saturated rings. The highest BCUT2D eigenvalue weighted by Gasteiger charge is 2.07. The zero-order valence-electron chi connectivity index (χ0n) is 14.9. The van der Waals surface area contributed by atoms with Crippen molar-refractivity contribution in [2.75, 3.05) is 6.54 Å².